The summed E-state index contributed by atoms with van der Waals surface area (Å²) in [5, 5.41) is 0. The van der Waals surface area contributed by atoms with Crippen LogP contribution in [0.25, 0.3) is 0 Å². The average molecular weight is 321 g/mol. The van der Waals surface area contributed by atoms with Crippen molar-refractivity contribution in [2.45, 2.75) is 0 Å². The van der Waals surface area contributed by atoms with Crippen molar-refractivity contribution >= 4 is 23.9 Å². The van der Waals surface area contributed by atoms with E-state index in [9.17, 15) is 13.7 Å². The van der Waals surface area contributed by atoms with Gasteiger partial charge in [0, 0.05) is 4.57 Å². The summed E-state index contributed by atoms with van der Waals surface area (Å²) in [5.74, 6) is 0. The average Bonchev–Trinajstić information content (AvgIpc) is 2.22. The van der Waals surface area contributed by atoms with E-state index in [0.717, 1.165) is 12.2 Å². The van der Waals surface area contributed by atoms with Gasteiger partial charge in [-0.15, -0.1) is 13.2 Å². The summed E-state index contributed by atoms with van der Waals surface area (Å²) in [6.45, 7) is 5.72. The van der Waals surface area contributed by atoms with E-state index >= 15 is 0 Å². The van der Waals surface area contributed by atoms with Gasteiger partial charge in [0.05, 0.1) is 13.2 Å². The van der Waals surface area contributed by atoms with Gasteiger partial charge in [0.2, 0.25) is 0 Å². The van der Waals surface area contributed by atoms with Crippen LogP contribution in [-0.4, -0.2) is 23.0 Å². The smallest absolute Gasteiger partial charge is 0.300 e. The van der Waals surface area contributed by atoms with Crippen molar-refractivity contribution in [3.05, 3.63) is 25.3 Å². The van der Waals surface area contributed by atoms with Crippen LogP contribution in [0.1, 0.15) is 0 Å². The number of rotatable bonds is 10. The van der Waals surface area contributed by atoms with Gasteiger partial charge in [0.1, 0.15) is 0 Å². The predicted octanol–water partition coefficient (Wildman–Crippen LogP) is 2.28. The van der Waals surface area contributed by atoms with Crippen LogP contribution in [0.4, 0.5) is 0 Å². The Labute approximate surface area is 104 Å². The molecule has 18 heavy (non-hydrogen) atoms. The summed E-state index contributed by atoms with van der Waals surface area (Å²) >= 11 is 0. The number of phosphoric ester groups is 2. The van der Waals surface area contributed by atoms with Crippen molar-refractivity contribution in [2.75, 3.05) is 13.2 Å². The lowest BCUT2D eigenvalue weighted by atomic mass is 10.7. The molecule has 12 heteroatoms. The Kier molecular flexibility index (Phi) is 7.98. The normalized spacial score (nSPS) is 18.4. The maximum absolute atomic E-state index is 11.1. The van der Waals surface area contributed by atoms with Gasteiger partial charge in [-0.05, 0) is 8.62 Å². The molecule has 2 unspecified atom stereocenters. The van der Waals surface area contributed by atoms with Gasteiger partial charge >= 0.3 is 23.9 Å². The van der Waals surface area contributed by atoms with Crippen molar-refractivity contribution in [3.8, 4) is 0 Å². The fourth-order valence-electron chi connectivity index (χ4n) is 0.524. The highest BCUT2D eigenvalue weighted by atomic mass is 31.3. The van der Waals surface area contributed by atoms with Crippen LogP contribution in [0.2, 0.25) is 0 Å². The molecule has 0 bridgehead atoms. The molecule has 0 aromatic carbocycles. The molecule has 0 heterocycles. The first kappa shape index (κ1) is 17.8. The van der Waals surface area contributed by atoms with Crippen LogP contribution in [-0.2, 0) is 31.4 Å². The molecule has 0 aliphatic carbocycles. The maximum atomic E-state index is 11.1. The van der Waals surface area contributed by atoms with Gasteiger partial charge in [0.25, 0.3) is 0 Å². The summed E-state index contributed by atoms with van der Waals surface area (Å²) in [5.41, 5.74) is 0. The van der Waals surface area contributed by atoms with Crippen LogP contribution in [0.3, 0.4) is 0 Å². The topological polar surface area (TPSA) is 129 Å². The molecule has 0 aliphatic heterocycles. The molecule has 0 saturated carbocycles. The standard InChI is InChI=1S/C6H11O9P3/c1-3-5-12-17(8,9)14-16(7)15-18(10,11)13-6-4-2/h3-4H,1-2,5-6H2,(H-,8,9,10,11)/p+1. The molecule has 0 aliphatic rings. The molecule has 104 valence electrons. The third kappa shape index (κ3) is 8.83. The third-order valence-corrected chi connectivity index (χ3v) is 4.72. The summed E-state index contributed by atoms with van der Waals surface area (Å²) in [6.07, 6.45) is 2.29. The van der Waals surface area contributed by atoms with Crippen molar-refractivity contribution in [2.24, 2.45) is 0 Å². The first-order valence-corrected chi connectivity index (χ1v) is 8.34. The second-order valence-electron chi connectivity index (χ2n) is 2.49. The SMILES string of the molecule is C=CCOP(=O)(O)O[P+](=O)OP(=O)(O)OCC=C. The minimum Gasteiger partial charge on any atom is -0.300 e. The van der Waals surface area contributed by atoms with Gasteiger partial charge in [-0.2, -0.15) is 0 Å². The molecule has 9 nitrogen and oxygen atoms in total. The maximum Gasteiger partial charge on any atom is 0.719 e. The number of hydrogen-bond donors (Lipinski definition) is 2. The lowest BCUT2D eigenvalue weighted by Gasteiger charge is -2.04. The lowest BCUT2D eigenvalue weighted by Crippen LogP contribution is -1.93. The van der Waals surface area contributed by atoms with E-state index in [1.54, 1.807) is 0 Å². The van der Waals surface area contributed by atoms with E-state index in [-0.39, 0.29) is 13.2 Å². The zero-order valence-corrected chi connectivity index (χ0v) is 11.8. The molecule has 0 rings (SSSR count). The molecule has 0 radical (unpaired) electrons. The van der Waals surface area contributed by atoms with Gasteiger partial charge in [0.15, 0.2) is 0 Å². The molecule has 0 saturated heterocycles. The number of phosphoric acid groups is 2. The van der Waals surface area contributed by atoms with Crippen LogP contribution in [0.5, 0.6) is 0 Å². The van der Waals surface area contributed by atoms with Crippen molar-refractivity contribution in [1.82, 2.24) is 0 Å². The number of hydrogen-bond acceptors (Lipinski definition) is 7. The molecule has 2 atom stereocenters. The Morgan fingerprint density at radius 2 is 1.33 bits per heavy atom. The van der Waals surface area contributed by atoms with E-state index in [1.165, 1.54) is 0 Å². The van der Waals surface area contributed by atoms with Crippen LogP contribution < -0.4 is 0 Å². The highest BCUT2D eigenvalue weighted by Crippen LogP contribution is 2.59. The third-order valence-electron chi connectivity index (χ3n) is 1.05. The summed E-state index contributed by atoms with van der Waals surface area (Å²) < 4.78 is 49.5. The first-order chi connectivity index (χ1) is 8.22. The Bertz CT molecular complexity index is 369. The molecule has 2 N–H and O–H groups in total. The molecule has 0 aromatic heterocycles. The van der Waals surface area contributed by atoms with E-state index in [2.05, 4.69) is 30.8 Å². The summed E-state index contributed by atoms with van der Waals surface area (Å²) in [7, 11) is -12.7. The van der Waals surface area contributed by atoms with E-state index in [1.807, 2.05) is 0 Å². The van der Waals surface area contributed by atoms with Crippen LogP contribution in [0.15, 0.2) is 25.3 Å². The highest BCUT2D eigenvalue weighted by Gasteiger charge is 2.44. The second kappa shape index (κ2) is 8.07. The lowest BCUT2D eigenvalue weighted by molar-refractivity contribution is 0.200. The second-order valence-corrected chi connectivity index (χ2v) is 6.64. The van der Waals surface area contributed by atoms with Crippen LogP contribution in [0, 0.1) is 0 Å². The molecular weight excluding hydrogens is 309 g/mol. The zero-order chi connectivity index (χ0) is 14.2. The zero-order valence-electron chi connectivity index (χ0n) is 9.08. The summed E-state index contributed by atoms with van der Waals surface area (Å²) in [6, 6.07) is 0. The predicted molar refractivity (Wildman–Crippen MR) is 61.7 cm³/mol. The fourth-order valence-corrected chi connectivity index (χ4v) is 3.22. The van der Waals surface area contributed by atoms with Gasteiger partial charge in [-0.3, -0.25) is 18.8 Å². The minimum absolute atomic E-state index is 0.347. The fraction of sp³-hybridized carbons (Fsp3) is 0.333. The molecule has 0 aromatic rings. The quantitative estimate of drug-likeness (QED) is 0.460. The van der Waals surface area contributed by atoms with E-state index in [0.29, 0.717) is 0 Å². The van der Waals surface area contributed by atoms with Gasteiger partial charge in [-0.1, -0.05) is 12.2 Å². The molecule has 0 amide bonds. The van der Waals surface area contributed by atoms with Crippen molar-refractivity contribution in [3.63, 3.8) is 0 Å². The molecule has 0 fully saturated rings. The van der Waals surface area contributed by atoms with E-state index < -0.39 is 23.9 Å². The van der Waals surface area contributed by atoms with Gasteiger partial charge < -0.3 is 0 Å². The first-order valence-electron chi connectivity index (χ1n) is 4.25. The largest absolute Gasteiger partial charge is 0.719 e. The Morgan fingerprint density at radius 3 is 1.61 bits per heavy atom. The summed E-state index contributed by atoms with van der Waals surface area (Å²) in [4.78, 5) is 17.9. The van der Waals surface area contributed by atoms with Crippen molar-refractivity contribution in [1.29, 1.82) is 0 Å². The Morgan fingerprint density at radius 1 is 1.00 bits per heavy atom. The monoisotopic (exact) mass is 321 g/mol. The minimum atomic E-state index is -4.67. The Balaban J connectivity index is 4.33. The highest BCUT2D eigenvalue weighted by molar-refractivity contribution is 7.61. The van der Waals surface area contributed by atoms with Crippen LogP contribution >= 0.6 is 23.9 Å². The molecular formula is C6H12O9P3+. The Hall–Kier alpha value is -0.200. The van der Waals surface area contributed by atoms with E-state index in [4.69, 9.17) is 9.79 Å². The van der Waals surface area contributed by atoms with Crippen molar-refractivity contribution < 1.29 is 41.2 Å². The molecule has 0 spiro atoms. The van der Waals surface area contributed by atoms with Gasteiger partial charge in [-0.25, -0.2) is 9.13 Å².